The minimum Gasteiger partial charge on any atom is -0.350 e. The van der Waals surface area contributed by atoms with Crippen molar-refractivity contribution >= 4 is 40.7 Å². The second-order valence-electron chi connectivity index (χ2n) is 9.16. The molecule has 2 aliphatic rings. The first kappa shape index (κ1) is 23.1. The van der Waals surface area contributed by atoms with E-state index in [2.05, 4.69) is 10.4 Å². The average molecular weight is 477 g/mol. The van der Waals surface area contributed by atoms with Gasteiger partial charge in [0.05, 0.1) is 12.2 Å². The lowest BCUT2D eigenvalue weighted by Crippen LogP contribution is -2.64. The van der Waals surface area contributed by atoms with Crippen molar-refractivity contribution in [3.8, 4) is 0 Å². The second-order valence-corrected chi connectivity index (χ2v) is 10.2. The number of carbonyl (C=O) groups excluding carboxylic acids is 2. The normalized spacial score (nSPS) is 22.4. The van der Waals surface area contributed by atoms with Crippen LogP contribution in [0.5, 0.6) is 0 Å². The molecule has 1 atom stereocenters. The zero-order chi connectivity index (χ0) is 22.9. The zero-order valence-corrected chi connectivity index (χ0v) is 20.1. The van der Waals surface area contributed by atoms with Crippen LogP contribution in [0, 0.1) is 0 Å². The van der Waals surface area contributed by atoms with Crippen LogP contribution in [0.3, 0.4) is 0 Å². The van der Waals surface area contributed by atoms with Gasteiger partial charge in [-0.1, -0.05) is 75.2 Å². The highest BCUT2D eigenvalue weighted by molar-refractivity contribution is 6.40. The van der Waals surface area contributed by atoms with Crippen molar-refractivity contribution in [1.82, 2.24) is 15.1 Å². The molecule has 1 aromatic carbocycles. The molecule has 1 fully saturated rings. The van der Waals surface area contributed by atoms with Crippen molar-refractivity contribution in [2.24, 2.45) is 0 Å². The smallest absolute Gasteiger partial charge is 0.278 e. The van der Waals surface area contributed by atoms with Gasteiger partial charge in [0.15, 0.2) is 0 Å². The number of hydrogen-bond acceptors (Lipinski definition) is 3. The fourth-order valence-electron chi connectivity index (χ4n) is 4.56. The molecule has 2 amide bonds. The summed E-state index contributed by atoms with van der Waals surface area (Å²) in [7, 11) is 0. The topological polar surface area (TPSA) is 67.2 Å². The highest BCUT2D eigenvalue weighted by atomic mass is 35.5. The molecule has 2 heterocycles. The quantitative estimate of drug-likeness (QED) is 0.468. The van der Waals surface area contributed by atoms with Crippen molar-refractivity contribution in [2.75, 3.05) is 4.90 Å². The summed E-state index contributed by atoms with van der Waals surface area (Å²) in [6.07, 6.45) is 7.62. The van der Waals surface area contributed by atoms with Gasteiger partial charge in [0.25, 0.3) is 11.8 Å². The first-order valence-electron chi connectivity index (χ1n) is 11.5. The second kappa shape index (κ2) is 9.44. The molecule has 0 bridgehead atoms. The van der Waals surface area contributed by atoms with Crippen molar-refractivity contribution in [3.63, 3.8) is 0 Å². The van der Waals surface area contributed by atoms with E-state index in [1.54, 1.807) is 35.0 Å². The molecule has 172 valence electrons. The largest absolute Gasteiger partial charge is 0.350 e. The van der Waals surface area contributed by atoms with Crippen LogP contribution < -0.4 is 10.2 Å². The van der Waals surface area contributed by atoms with Crippen LogP contribution >= 0.6 is 23.2 Å². The number of nitrogens with one attached hydrogen (secondary N) is 1. The maximum atomic E-state index is 13.6. The Morgan fingerprint density at radius 1 is 1.16 bits per heavy atom. The Hall–Kier alpha value is -2.05. The Morgan fingerprint density at radius 2 is 1.84 bits per heavy atom. The minimum atomic E-state index is -1.64. The van der Waals surface area contributed by atoms with Gasteiger partial charge in [0.1, 0.15) is 5.69 Å². The van der Waals surface area contributed by atoms with Gasteiger partial charge in [-0.05, 0) is 43.0 Å². The first-order chi connectivity index (χ1) is 15.3. The van der Waals surface area contributed by atoms with E-state index in [0.717, 1.165) is 31.4 Å². The van der Waals surface area contributed by atoms with Gasteiger partial charge in [-0.15, -0.1) is 0 Å². The molecule has 0 radical (unpaired) electrons. The fraction of sp³-hybridized carbons (Fsp3) is 0.542. The summed E-state index contributed by atoms with van der Waals surface area (Å²) >= 11 is 13.3. The lowest BCUT2D eigenvalue weighted by molar-refractivity contribution is -0.125. The molecule has 2 aromatic rings. The van der Waals surface area contributed by atoms with E-state index in [1.165, 1.54) is 24.2 Å². The predicted octanol–water partition coefficient (Wildman–Crippen LogP) is 5.48. The third-order valence-corrected chi connectivity index (χ3v) is 7.08. The number of hydrogen-bond donors (Lipinski definition) is 1. The maximum Gasteiger partial charge on any atom is 0.278 e. The number of anilines is 1. The van der Waals surface area contributed by atoms with Gasteiger partial charge < -0.3 is 5.32 Å². The van der Waals surface area contributed by atoms with E-state index in [1.807, 2.05) is 13.8 Å². The molecule has 1 saturated carbocycles. The number of benzene rings is 1. The van der Waals surface area contributed by atoms with Crippen LogP contribution in [0.25, 0.3) is 0 Å². The molecule has 6 nitrogen and oxygen atoms in total. The van der Waals surface area contributed by atoms with Crippen LogP contribution in [0.15, 0.2) is 30.3 Å². The number of fused-ring (bicyclic) bond motifs is 1. The number of amides is 2. The van der Waals surface area contributed by atoms with Gasteiger partial charge in [-0.3, -0.25) is 19.2 Å². The van der Waals surface area contributed by atoms with Crippen LogP contribution in [0.4, 0.5) is 5.69 Å². The van der Waals surface area contributed by atoms with Gasteiger partial charge >= 0.3 is 0 Å². The molecule has 1 aliphatic heterocycles. The van der Waals surface area contributed by atoms with E-state index in [0.29, 0.717) is 16.4 Å². The number of aromatic nitrogens is 2. The molecule has 1 N–H and O–H groups in total. The average Bonchev–Trinajstić information content (AvgIpc) is 3.14. The van der Waals surface area contributed by atoms with Crippen LogP contribution in [0.2, 0.25) is 5.02 Å². The van der Waals surface area contributed by atoms with Crippen LogP contribution in [0.1, 0.15) is 80.9 Å². The number of alkyl halides is 1. The molecule has 0 saturated heterocycles. The molecule has 32 heavy (non-hydrogen) atoms. The van der Waals surface area contributed by atoms with E-state index in [4.69, 9.17) is 23.2 Å². The first-order valence-corrected chi connectivity index (χ1v) is 12.2. The highest BCUT2D eigenvalue weighted by Gasteiger charge is 2.51. The van der Waals surface area contributed by atoms with E-state index < -0.39 is 5.00 Å². The SMILES string of the molecule is CC(C)c1cc2n(n1)CC(Cl)(C(=O)NC1CCCCCCC1)N(c1cccc(Cl)c1)C2=O. The number of rotatable bonds is 4. The molecular formula is C24H30Cl2N4O2. The van der Waals surface area contributed by atoms with Crippen molar-refractivity contribution in [2.45, 2.75) is 82.3 Å². The minimum absolute atomic E-state index is 0.0555. The Balaban J connectivity index is 1.71. The maximum absolute atomic E-state index is 13.6. The summed E-state index contributed by atoms with van der Waals surface area (Å²) in [5.74, 6) is -0.583. The number of nitrogens with zero attached hydrogens (tertiary/aromatic N) is 3. The standard InChI is InChI=1S/C24H30Cl2N4O2/c1-16(2)20-14-21-22(31)30(19-12-8-9-17(25)13-19)24(26,15-29(21)28-20)23(32)27-18-10-6-4-3-5-7-11-18/h8-9,12-14,16,18H,3-7,10-11,15H2,1-2H3,(H,27,32). The lowest BCUT2D eigenvalue weighted by atomic mass is 9.96. The Labute approximate surface area is 199 Å². The van der Waals surface area contributed by atoms with Crippen molar-refractivity contribution in [3.05, 3.63) is 46.7 Å². The summed E-state index contributed by atoms with van der Waals surface area (Å²) < 4.78 is 1.57. The number of carbonyl (C=O) groups is 2. The monoisotopic (exact) mass is 476 g/mol. The van der Waals surface area contributed by atoms with Gasteiger partial charge in [-0.25, -0.2) is 0 Å². The summed E-state index contributed by atoms with van der Waals surface area (Å²) in [4.78, 5) is 27.0. The third-order valence-electron chi connectivity index (χ3n) is 6.38. The Morgan fingerprint density at radius 3 is 2.50 bits per heavy atom. The molecule has 0 spiro atoms. The molecule has 8 heteroatoms. The predicted molar refractivity (Wildman–Crippen MR) is 127 cm³/mol. The summed E-state index contributed by atoms with van der Waals surface area (Å²) in [6.45, 7) is 4.10. The van der Waals surface area contributed by atoms with Crippen LogP contribution in [-0.4, -0.2) is 32.6 Å². The fourth-order valence-corrected chi connectivity index (χ4v) is 5.09. The Kier molecular flexibility index (Phi) is 6.82. The van der Waals surface area contributed by atoms with E-state index in [-0.39, 0.29) is 30.3 Å². The molecule has 4 rings (SSSR count). The summed E-state index contributed by atoms with van der Waals surface area (Å²) in [6, 6.07) is 8.73. The van der Waals surface area contributed by atoms with Gasteiger partial charge in [0, 0.05) is 16.8 Å². The van der Waals surface area contributed by atoms with Crippen molar-refractivity contribution in [1.29, 1.82) is 0 Å². The van der Waals surface area contributed by atoms with E-state index in [9.17, 15) is 9.59 Å². The summed E-state index contributed by atoms with van der Waals surface area (Å²) in [5, 5.41) is 8.20. The lowest BCUT2D eigenvalue weighted by Gasteiger charge is -2.41. The summed E-state index contributed by atoms with van der Waals surface area (Å²) in [5.41, 5.74) is 1.70. The van der Waals surface area contributed by atoms with Gasteiger partial charge in [-0.2, -0.15) is 5.10 Å². The molecule has 1 aliphatic carbocycles. The van der Waals surface area contributed by atoms with Crippen LogP contribution in [-0.2, 0) is 11.3 Å². The third kappa shape index (κ3) is 4.53. The molecule has 1 unspecified atom stereocenters. The molecule has 1 aromatic heterocycles. The zero-order valence-electron chi connectivity index (χ0n) is 18.6. The number of halogens is 2. The Bertz CT molecular complexity index is 998. The van der Waals surface area contributed by atoms with Gasteiger partial charge in [0.2, 0.25) is 5.00 Å². The highest BCUT2D eigenvalue weighted by Crippen LogP contribution is 2.37. The molecular weight excluding hydrogens is 447 g/mol. The van der Waals surface area contributed by atoms with E-state index >= 15 is 0 Å². The van der Waals surface area contributed by atoms with Crippen molar-refractivity contribution < 1.29 is 9.59 Å².